The molecule has 0 aromatic rings. The fraction of sp³-hybridized carbons (Fsp3) is 0.833. The minimum Gasteiger partial charge on any atom is -0.463 e. The first-order chi connectivity index (χ1) is 8.32. The smallest absolute Gasteiger partial charge is 0.303 e. The first-order valence-electron chi connectivity index (χ1n) is 5.93. The van der Waals surface area contributed by atoms with Crippen LogP contribution in [0.4, 0.5) is 4.39 Å². The summed E-state index contributed by atoms with van der Waals surface area (Å²) < 4.78 is 29.3. The van der Waals surface area contributed by atoms with Crippen LogP contribution in [0.5, 0.6) is 0 Å². The number of hydrogen-bond donors (Lipinski definition) is 0. The van der Waals surface area contributed by atoms with Crippen LogP contribution in [0.2, 0.25) is 0 Å². The summed E-state index contributed by atoms with van der Waals surface area (Å²) in [5.41, 5.74) is 0. The Kier molecular flexibility index (Phi) is 5.07. The predicted octanol–water partition coefficient (Wildman–Crippen LogP) is 1.24. The van der Waals surface area contributed by atoms with Gasteiger partial charge < -0.3 is 14.2 Å². The van der Waals surface area contributed by atoms with E-state index in [1.807, 2.05) is 0 Å². The minimum atomic E-state index is -1.50. The zero-order chi connectivity index (χ0) is 13.9. The van der Waals surface area contributed by atoms with Gasteiger partial charge in [0.2, 0.25) is 0 Å². The van der Waals surface area contributed by atoms with Gasteiger partial charge in [0.25, 0.3) is 0 Å². The Balaban J connectivity index is 2.70. The maximum Gasteiger partial charge on any atom is 0.303 e. The van der Waals surface area contributed by atoms with Crippen molar-refractivity contribution in [2.24, 2.45) is 5.92 Å². The van der Waals surface area contributed by atoms with Crippen molar-refractivity contribution in [3.8, 4) is 0 Å². The molecule has 3 unspecified atom stereocenters. The summed E-state index contributed by atoms with van der Waals surface area (Å²) in [6.45, 7) is 5.83. The van der Waals surface area contributed by atoms with Gasteiger partial charge >= 0.3 is 11.9 Å². The van der Waals surface area contributed by atoms with E-state index >= 15 is 0 Å². The molecule has 6 heteroatoms. The van der Waals surface area contributed by atoms with Crippen molar-refractivity contribution in [3.05, 3.63) is 0 Å². The maximum absolute atomic E-state index is 14.2. The lowest BCUT2D eigenvalue weighted by molar-refractivity contribution is -0.202. The lowest BCUT2D eigenvalue weighted by Gasteiger charge is -2.40. The Labute approximate surface area is 106 Å². The maximum atomic E-state index is 14.2. The van der Waals surface area contributed by atoms with Gasteiger partial charge in [-0.1, -0.05) is 6.92 Å². The molecule has 1 aliphatic rings. The number of hydrogen-bond acceptors (Lipinski definition) is 5. The lowest BCUT2D eigenvalue weighted by Crippen LogP contribution is -2.53. The van der Waals surface area contributed by atoms with Crippen molar-refractivity contribution in [2.75, 3.05) is 6.61 Å². The predicted molar refractivity (Wildman–Crippen MR) is 60.6 cm³/mol. The summed E-state index contributed by atoms with van der Waals surface area (Å²) in [5, 5.41) is 0. The molecule has 0 N–H and O–H groups in total. The second kappa shape index (κ2) is 6.13. The molecule has 0 amide bonds. The fourth-order valence-corrected chi connectivity index (χ4v) is 1.94. The van der Waals surface area contributed by atoms with Crippen LogP contribution in [-0.2, 0) is 23.8 Å². The molecule has 1 fully saturated rings. The summed E-state index contributed by atoms with van der Waals surface area (Å²) in [4.78, 5) is 21.7. The Morgan fingerprint density at radius 1 is 1.22 bits per heavy atom. The van der Waals surface area contributed by atoms with Crippen LogP contribution < -0.4 is 0 Å². The molecule has 1 saturated heterocycles. The highest BCUT2D eigenvalue weighted by molar-refractivity contribution is 5.66. The number of rotatable bonds is 3. The minimum absolute atomic E-state index is 0.175. The van der Waals surface area contributed by atoms with E-state index in [4.69, 9.17) is 14.2 Å². The third-order valence-corrected chi connectivity index (χ3v) is 3.07. The zero-order valence-electron chi connectivity index (χ0n) is 11.0. The van der Waals surface area contributed by atoms with Crippen LogP contribution >= 0.6 is 0 Å². The molecule has 18 heavy (non-hydrogen) atoms. The zero-order valence-corrected chi connectivity index (χ0v) is 11.0. The largest absolute Gasteiger partial charge is 0.463 e. The van der Waals surface area contributed by atoms with Gasteiger partial charge in [0.15, 0.2) is 6.17 Å². The summed E-state index contributed by atoms with van der Waals surface area (Å²) in [7, 11) is 0. The number of alkyl halides is 1. The summed E-state index contributed by atoms with van der Waals surface area (Å²) in [5.74, 6) is -1.28. The van der Waals surface area contributed by atoms with Gasteiger partial charge in [-0.15, -0.1) is 0 Å². The van der Waals surface area contributed by atoms with Gasteiger partial charge in [-0.3, -0.25) is 9.59 Å². The van der Waals surface area contributed by atoms with Crippen LogP contribution in [0.3, 0.4) is 0 Å². The van der Waals surface area contributed by atoms with Gasteiger partial charge in [0.1, 0.15) is 18.8 Å². The molecule has 0 aliphatic carbocycles. The Morgan fingerprint density at radius 2 is 1.83 bits per heavy atom. The van der Waals surface area contributed by atoms with Crippen molar-refractivity contribution in [1.82, 2.24) is 0 Å². The summed E-state index contributed by atoms with van der Waals surface area (Å²) >= 11 is 0. The first kappa shape index (κ1) is 14.9. The Morgan fingerprint density at radius 3 is 2.33 bits per heavy atom. The van der Waals surface area contributed by atoms with Crippen LogP contribution in [0.15, 0.2) is 0 Å². The second-order valence-corrected chi connectivity index (χ2v) is 4.56. The molecule has 1 aliphatic heterocycles. The molecule has 5 nitrogen and oxygen atoms in total. The van der Waals surface area contributed by atoms with Crippen LogP contribution in [0.25, 0.3) is 0 Å². The monoisotopic (exact) mass is 262 g/mol. The van der Waals surface area contributed by atoms with E-state index in [0.29, 0.717) is 0 Å². The highest BCUT2D eigenvalue weighted by Gasteiger charge is 2.44. The SMILES string of the molecule is CC(=O)OCC1OC(C)[C@@H](C)C(OC(C)=O)[C@@H]1F. The molecule has 1 rings (SSSR count). The molecule has 0 radical (unpaired) electrons. The topological polar surface area (TPSA) is 61.8 Å². The second-order valence-electron chi connectivity index (χ2n) is 4.56. The molecule has 5 atom stereocenters. The standard InChI is InChI=1S/C12H19FO5/c1-6-7(2)17-10(5-16-8(3)14)11(13)12(6)18-9(4)15/h6-7,10-12H,5H2,1-4H3/t6-,7?,10?,11-,12?/m1/s1. The van der Waals surface area contributed by atoms with E-state index in [1.165, 1.54) is 13.8 Å². The third kappa shape index (κ3) is 3.66. The van der Waals surface area contributed by atoms with E-state index in [1.54, 1.807) is 13.8 Å². The molecule has 104 valence electrons. The molecule has 1 heterocycles. The molecule has 0 saturated carbocycles. The van der Waals surface area contributed by atoms with Crippen molar-refractivity contribution in [2.45, 2.75) is 52.2 Å². The number of carbonyl (C=O) groups excluding carboxylic acids is 2. The summed E-state index contributed by atoms with van der Waals surface area (Å²) in [6, 6.07) is 0. The highest BCUT2D eigenvalue weighted by Crippen LogP contribution is 2.30. The Bertz CT molecular complexity index is 320. The van der Waals surface area contributed by atoms with Gasteiger partial charge in [0.05, 0.1) is 6.10 Å². The van der Waals surface area contributed by atoms with Crippen molar-refractivity contribution < 1.29 is 28.2 Å². The molecular formula is C12H19FO5. The molecule has 0 bridgehead atoms. The van der Waals surface area contributed by atoms with E-state index in [9.17, 15) is 14.0 Å². The van der Waals surface area contributed by atoms with Crippen molar-refractivity contribution in [3.63, 3.8) is 0 Å². The van der Waals surface area contributed by atoms with Crippen LogP contribution in [-0.4, -0.2) is 43.0 Å². The van der Waals surface area contributed by atoms with Gasteiger partial charge in [0, 0.05) is 19.8 Å². The average molecular weight is 262 g/mol. The van der Waals surface area contributed by atoms with Crippen molar-refractivity contribution in [1.29, 1.82) is 0 Å². The normalized spacial score (nSPS) is 35.9. The number of carbonyl (C=O) groups is 2. The number of ether oxygens (including phenoxy) is 3. The molecule has 0 aromatic heterocycles. The van der Waals surface area contributed by atoms with Crippen molar-refractivity contribution >= 4 is 11.9 Å². The first-order valence-corrected chi connectivity index (χ1v) is 5.93. The lowest BCUT2D eigenvalue weighted by atomic mass is 9.89. The number of halogens is 1. The van der Waals surface area contributed by atoms with E-state index < -0.39 is 30.3 Å². The van der Waals surface area contributed by atoms with E-state index in [-0.39, 0.29) is 18.6 Å². The third-order valence-electron chi connectivity index (χ3n) is 3.07. The highest BCUT2D eigenvalue weighted by atomic mass is 19.1. The summed E-state index contributed by atoms with van der Waals surface area (Å²) in [6.07, 6.45) is -3.54. The Hall–Kier alpha value is -1.17. The molecular weight excluding hydrogens is 243 g/mol. The van der Waals surface area contributed by atoms with E-state index in [0.717, 1.165) is 0 Å². The van der Waals surface area contributed by atoms with E-state index in [2.05, 4.69) is 0 Å². The van der Waals surface area contributed by atoms with Gasteiger partial charge in [-0.2, -0.15) is 0 Å². The van der Waals surface area contributed by atoms with Crippen LogP contribution in [0, 0.1) is 5.92 Å². The fourth-order valence-electron chi connectivity index (χ4n) is 1.94. The molecule has 0 spiro atoms. The quantitative estimate of drug-likeness (QED) is 0.716. The number of esters is 2. The van der Waals surface area contributed by atoms with Crippen LogP contribution in [0.1, 0.15) is 27.7 Å². The van der Waals surface area contributed by atoms with Gasteiger partial charge in [-0.05, 0) is 6.92 Å². The average Bonchev–Trinajstić information content (AvgIpc) is 2.27. The van der Waals surface area contributed by atoms with Gasteiger partial charge in [-0.25, -0.2) is 4.39 Å². The molecule has 0 aromatic carbocycles.